The number of carbonyl (C=O) groups excluding carboxylic acids is 4. The molecular formula is C13H16N2O5. The Morgan fingerprint density at radius 1 is 1.30 bits per heavy atom. The number of nitrogens with zero attached hydrogens (tertiary/aromatic N) is 1. The van der Waals surface area contributed by atoms with Gasteiger partial charge in [-0.1, -0.05) is 12.2 Å². The highest BCUT2D eigenvalue weighted by atomic mass is 16.5. The Labute approximate surface area is 115 Å². The van der Waals surface area contributed by atoms with Gasteiger partial charge in [0.15, 0.2) is 6.10 Å². The maximum atomic E-state index is 12.1. The molecule has 7 nitrogen and oxygen atoms in total. The number of fused-ring (bicyclic) bond motifs is 1. The Morgan fingerprint density at radius 3 is 2.25 bits per heavy atom. The van der Waals surface area contributed by atoms with Gasteiger partial charge in [-0.2, -0.15) is 0 Å². The highest BCUT2D eigenvalue weighted by Crippen LogP contribution is 2.34. The predicted octanol–water partition coefficient (Wildman–Crippen LogP) is -0.645. The van der Waals surface area contributed by atoms with E-state index in [0.717, 1.165) is 4.90 Å². The molecule has 1 fully saturated rings. The van der Waals surface area contributed by atoms with Crippen molar-refractivity contribution in [3.63, 3.8) is 0 Å². The van der Waals surface area contributed by atoms with Crippen molar-refractivity contribution >= 4 is 23.7 Å². The summed E-state index contributed by atoms with van der Waals surface area (Å²) in [6.45, 7) is 0.861. The molecule has 1 saturated heterocycles. The third-order valence-electron chi connectivity index (χ3n) is 3.59. The van der Waals surface area contributed by atoms with E-state index < -0.39 is 24.5 Å². The van der Waals surface area contributed by atoms with Crippen LogP contribution < -0.4 is 5.73 Å². The van der Waals surface area contributed by atoms with Gasteiger partial charge in [-0.05, 0) is 19.8 Å². The molecule has 1 aliphatic carbocycles. The summed E-state index contributed by atoms with van der Waals surface area (Å²) in [5, 5.41) is 0. The van der Waals surface area contributed by atoms with Gasteiger partial charge in [0, 0.05) is 0 Å². The second-order valence-electron chi connectivity index (χ2n) is 4.95. The van der Waals surface area contributed by atoms with Gasteiger partial charge < -0.3 is 10.5 Å². The quantitative estimate of drug-likeness (QED) is 0.418. The van der Waals surface area contributed by atoms with Crippen LogP contribution in [0, 0.1) is 11.8 Å². The number of likely N-dealkylation sites (tertiary alicyclic amines) is 1. The van der Waals surface area contributed by atoms with Crippen LogP contribution in [0.25, 0.3) is 0 Å². The molecule has 1 aliphatic heterocycles. The molecule has 0 aromatic carbocycles. The molecule has 1 heterocycles. The van der Waals surface area contributed by atoms with Crippen LogP contribution in [-0.2, 0) is 23.9 Å². The van der Waals surface area contributed by atoms with E-state index >= 15 is 0 Å². The van der Waals surface area contributed by atoms with Crippen molar-refractivity contribution in [1.29, 1.82) is 0 Å². The maximum absolute atomic E-state index is 12.1. The molecule has 2 aliphatic rings. The summed E-state index contributed by atoms with van der Waals surface area (Å²) in [7, 11) is 0. The second kappa shape index (κ2) is 5.44. The highest BCUT2D eigenvalue weighted by molar-refractivity contribution is 6.07. The molecule has 7 heteroatoms. The summed E-state index contributed by atoms with van der Waals surface area (Å²) in [4.78, 5) is 47.5. The number of nitrogens with two attached hydrogens (primary N) is 1. The molecule has 2 N–H and O–H groups in total. The van der Waals surface area contributed by atoms with E-state index in [9.17, 15) is 19.2 Å². The molecule has 0 aromatic rings. The lowest BCUT2D eigenvalue weighted by Crippen LogP contribution is -2.39. The lowest BCUT2D eigenvalue weighted by molar-refractivity contribution is -0.158. The number of ether oxygens (including phenoxy) is 1. The molecular weight excluding hydrogens is 264 g/mol. The van der Waals surface area contributed by atoms with E-state index in [4.69, 9.17) is 10.5 Å². The number of imide groups is 1. The molecule has 0 saturated carbocycles. The van der Waals surface area contributed by atoms with Crippen molar-refractivity contribution < 1.29 is 23.9 Å². The molecule has 3 amide bonds. The van der Waals surface area contributed by atoms with E-state index in [-0.39, 0.29) is 23.7 Å². The van der Waals surface area contributed by atoms with Crippen LogP contribution in [0.3, 0.4) is 0 Å². The summed E-state index contributed by atoms with van der Waals surface area (Å²) >= 11 is 0. The summed E-state index contributed by atoms with van der Waals surface area (Å²) in [6.07, 6.45) is 3.67. The molecule has 0 unspecified atom stereocenters. The van der Waals surface area contributed by atoms with E-state index in [1.54, 1.807) is 0 Å². The fourth-order valence-corrected chi connectivity index (χ4v) is 2.45. The number of hydrogen-bond donors (Lipinski definition) is 1. The fraction of sp³-hybridized carbons (Fsp3) is 0.538. The van der Waals surface area contributed by atoms with Gasteiger partial charge in [0.05, 0.1) is 11.8 Å². The average Bonchev–Trinajstić information content (AvgIpc) is 2.64. The SMILES string of the molecule is C[C@H](OC(=O)CN1C(=O)[C@H]2CC=CC[C@@H]2C1=O)C(N)=O. The third-order valence-corrected chi connectivity index (χ3v) is 3.59. The Balaban J connectivity index is 2.00. The molecule has 3 atom stereocenters. The van der Waals surface area contributed by atoms with Crippen LogP contribution in [0.2, 0.25) is 0 Å². The number of hydrogen-bond acceptors (Lipinski definition) is 5. The largest absolute Gasteiger partial charge is 0.451 e. The topological polar surface area (TPSA) is 107 Å². The molecule has 0 spiro atoms. The van der Waals surface area contributed by atoms with Crippen molar-refractivity contribution in [3.05, 3.63) is 12.2 Å². The summed E-state index contributed by atoms with van der Waals surface area (Å²) in [5.74, 6) is -3.07. The Morgan fingerprint density at radius 2 is 1.80 bits per heavy atom. The normalized spacial score (nSPS) is 26.4. The monoisotopic (exact) mass is 280 g/mol. The number of rotatable bonds is 4. The first-order chi connectivity index (χ1) is 9.41. The van der Waals surface area contributed by atoms with Crippen molar-refractivity contribution in [2.75, 3.05) is 6.54 Å². The van der Waals surface area contributed by atoms with E-state index in [0.29, 0.717) is 12.8 Å². The number of carbonyl (C=O) groups is 4. The van der Waals surface area contributed by atoms with Gasteiger partial charge >= 0.3 is 5.97 Å². The summed E-state index contributed by atoms with van der Waals surface area (Å²) in [5.41, 5.74) is 4.97. The van der Waals surface area contributed by atoms with Gasteiger partial charge in [0.2, 0.25) is 11.8 Å². The maximum Gasteiger partial charge on any atom is 0.326 e. The van der Waals surface area contributed by atoms with Gasteiger partial charge in [-0.15, -0.1) is 0 Å². The van der Waals surface area contributed by atoms with Crippen molar-refractivity contribution in [2.24, 2.45) is 17.6 Å². The van der Waals surface area contributed by atoms with E-state index in [1.807, 2.05) is 12.2 Å². The zero-order valence-electron chi connectivity index (χ0n) is 11.1. The molecule has 2 rings (SSSR count). The van der Waals surface area contributed by atoms with Crippen molar-refractivity contribution in [1.82, 2.24) is 4.90 Å². The first kappa shape index (κ1) is 14.2. The zero-order chi connectivity index (χ0) is 14.9. The van der Waals surface area contributed by atoms with Gasteiger partial charge in [0.1, 0.15) is 6.54 Å². The minimum atomic E-state index is -1.08. The standard InChI is InChI=1S/C13H16N2O5/c1-7(11(14)17)20-10(16)6-15-12(18)8-4-2-3-5-9(8)13(15)19/h2-3,7-9H,4-6H2,1H3,(H2,14,17)/t7-,8-,9-/m0/s1. The molecule has 0 radical (unpaired) electrons. The first-order valence-electron chi connectivity index (χ1n) is 6.41. The minimum absolute atomic E-state index is 0.354. The number of esters is 1. The molecule has 20 heavy (non-hydrogen) atoms. The van der Waals surface area contributed by atoms with E-state index in [2.05, 4.69) is 0 Å². The number of amides is 3. The number of allylic oxidation sites excluding steroid dienone is 2. The Bertz CT molecular complexity index is 473. The molecule has 0 aromatic heterocycles. The molecule has 0 bridgehead atoms. The lowest BCUT2D eigenvalue weighted by Gasteiger charge is -2.15. The zero-order valence-corrected chi connectivity index (χ0v) is 11.1. The second-order valence-corrected chi connectivity index (χ2v) is 4.95. The van der Waals surface area contributed by atoms with Gasteiger partial charge in [-0.3, -0.25) is 24.1 Å². The Kier molecular flexibility index (Phi) is 3.87. The average molecular weight is 280 g/mol. The van der Waals surface area contributed by atoms with Crippen LogP contribution in [0.15, 0.2) is 12.2 Å². The van der Waals surface area contributed by atoms with Crippen molar-refractivity contribution in [3.8, 4) is 0 Å². The number of primary amides is 1. The smallest absolute Gasteiger partial charge is 0.326 e. The van der Waals surface area contributed by atoms with Crippen LogP contribution in [-0.4, -0.2) is 41.2 Å². The van der Waals surface area contributed by atoms with Gasteiger partial charge in [-0.25, -0.2) is 0 Å². The van der Waals surface area contributed by atoms with Crippen LogP contribution in [0.1, 0.15) is 19.8 Å². The Hall–Kier alpha value is -2.18. The van der Waals surface area contributed by atoms with E-state index in [1.165, 1.54) is 6.92 Å². The van der Waals surface area contributed by atoms with Crippen LogP contribution in [0.5, 0.6) is 0 Å². The predicted molar refractivity (Wildman–Crippen MR) is 66.8 cm³/mol. The van der Waals surface area contributed by atoms with Crippen LogP contribution in [0.4, 0.5) is 0 Å². The lowest BCUT2D eigenvalue weighted by atomic mass is 9.85. The molecule has 108 valence electrons. The van der Waals surface area contributed by atoms with Crippen LogP contribution >= 0.6 is 0 Å². The fourth-order valence-electron chi connectivity index (χ4n) is 2.45. The summed E-state index contributed by atoms with van der Waals surface area (Å²) < 4.78 is 4.75. The van der Waals surface area contributed by atoms with Crippen molar-refractivity contribution in [2.45, 2.75) is 25.9 Å². The third kappa shape index (κ3) is 2.56. The minimum Gasteiger partial charge on any atom is -0.451 e. The van der Waals surface area contributed by atoms with Gasteiger partial charge in [0.25, 0.3) is 5.91 Å². The summed E-state index contributed by atoms with van der Waals surface area (Å²) in [6, 6.07) is 0. The highest BCUT2D eigenvalue weighted by Gasteiger charge is 2.47. The first-order valence-corrected chi connectivity index (χ1v) is 6.41.